The third kappa shape index (κ3) is 8.81. The van der Waals surface area contributed by atoms with E-state index < -0.39 is 6.72 Å². The summed E-state index contributed by atoms with van der Waals surface area (Å²) in [5, 5.41) is 8.44. The van der Waals surface area contributed by atoms with Crippen LogP contribution in [-0.4, -0.2) is 29.8 Å². The Morgan fingerprint density at radius 1 is 1.31 bits per heavy atom. The second-order valence-electron chi connectivity index (χ2n) is 3.86. The number of hydrogen-bond acceptors (Lipinski definition) is 4. The van der Waals surface area contributed by atoms with Gasteiger partial charge in [0.25, 0.3) is 0 Å². The van der Waals surface area contributed by atoms with Crippen molar-refractivity contribution in [3.8, 4) is 0 Å². The van der Waals surface area contributed by atoms with E-state index in [2.05, 4.69) is 11.8 Å². The minimum absolute atomic E-state index is 0.0118. The van der Waals surface area contributed by atoms with Crippen molar-refractivity contribution in [2.24, 2.45) is 5.41 Å². The first kappa shape index (κ1) is 13.5. The molecule has 0 rings (SSSR count). The zero-order valence-electron chi connectivity index (χ0n) is 8.19. The van der Waals surface area contributed by atoms with Gasteiger partial charge < -0.3 is 19.0 Å². The Morgan fingerprint density at radius 3 is 2.23 bits per heavy atom. The Kier molecular flexibility index (Phi) is 5.59. The normalized spacial score (nSPS) is 17.0. The molecule has 0 spiro atoms. The Hall–Kier alpha value is 0.490. The van der Waals surface area contributed by atoms with Gasteiger partial charge in [-0.05, 0) is 17.2 Å². The number of rotatable bonds is 5. The molecule has 13 heavy (non-hydrogen) atoms. The van der Waals surface area contributed by atoms with Crippen molar-refractivity contribution in [2.45, 2.75) is 20.8 Å². The van der Waals surface area contributed by atoms with Crippen LogP contribution < -0.4 is 0 Å². The van der Waals surface area contributed by atoms with Crippen LogP contribution in [0.25, 0.3) is 0 Å². The van der Waals surface area contributed by atoms with Crippen molar-refractivity contribution in [1.29, 1.82) is 0 Å². The molecule has 4 nitrogen and oxygen atoms in total. The first-order chi connectivity index (χ1) is 5.77. The zero-order chi connectivity index (χ0) is 10.5. The summed E-state index contributed by atoms with van der Waals surface area (Å²) in [5.74, 6) is 0. The molecule has 0 saturated carbocycles. The molecule has 0 aromatic carbocycles. The maximum Gasteiger partial charge on any atom is 0.324 e. The standard InChI is InChI=1S/C7H17O4PS/c1-7(2,3)6-11-12(9,13)10-5-4-8/h8H,4-6H2,1-3H3,(H,9,13). The predicted octanol–water partition coefficient (Wildman–Crippen LogP) is 1.27. The molecule has 80 valence electrons. The van der Waals surface area contributed by atoms with Crippen LogP contribution in [0.1, 0.15) is 20.8 Å². The molecule has 0 aromatic rings. The van der Waals surface area contributed by atoms with E-state index in [4.69, 9.17) is 14.2 Å². The molecule has 0 saturated heterocycles. The molecule has 0 aliphatic rings. The highest BCUT2D eigenvalue weighted by Gasteiger charge is 2.19. The van der Waals surface area contributed by atoms with Crippen molar-refractivity contribution >= 4 is 18.5 Å². The van der Waals surface area contributed by atoms with Crippen molar-refractivity contribution in [3.05, 3.63) is 0 Å². The van der Waals surface area contributed by atoms with E-state index in [1.54, 1.807) is 0 Å². The van der Waals surface area contributed by atoms with Gasteiger partial charge in [-0.1, -0.05) is 20.8 Å². The fourth-order valence-corrected chi connectivity index (χ4v) is 1.79. The van der Waals surface area contributed by atoms with Crippen LogP contribution in [-0.2, 0) is 20.9 Å². The van der Waals surface area contributed by atoms with Gasteiger partial charge >= 0.3 is 6.72 Å². The first-order valence-electron chi connectivity index (χ1n) is 3.99. The lowest BCUT2D eigenvalue weighted by molar-refractivity contribution is 0.127. The molecule has 0 fully saturated rings. The zero-order valence-corrected chi connectivity index (χ0v) is 9.90. The highest BCUT2D eigenvalue weighted by Crippen LogP contribution is 2.44. The number of aliphatic hydroxyl groups excluding tert-OH is 1. The van der Waals surface area contributed by atoms with E-state index in [-0.39, 0.29) is 18.6 Å². The number of hydrogen-bond donors (Lipinski definition) is 2. The lowest BCUT2D eigenvalue weighted by Crippen LogP contribution is -2.14. The summed E-state index contributed by atoms with van der Waals surface area (Å²) in [7, 11) is 0. The Labute approximate surface area is 84.1 Å². The van der Waals surface area contributed by atoms with Gasteiger partial charge in [-0.25, -0.2) is 0 Å². The van der Waals surface area contributed by atoms with Gasteiger partial charge in [0.05, 0.1) is 19.8 Å². The van der Waals surface area contributed by atoms with E-state index in [0.717, 1.165) is 0 Å². The van der Waals surface area contributed by atoms with Gasteiger partial charge in [-0.3, -0.25) is 0 Å². The minimum Gasteiger partial charge on any atom is -0.394 e. The topological polar surface area (TPSA) is 58.9 Å². The van der Waals surface area contributed by atoms with Crippen LogP contribution in [0.3, 0.4) is 0 Å². The molecule has 0 radical (unpaired) electrons. The summed E-state index contributed by atoms with van der Waals surface area (Å²) in [6, 6.07) is 0. The molecule has 0 heterocycles. The van der Waals surface area contributed by atoms with Crippen molar-refractivity contribution < 1.29 is 19.0 Å². The molecular weight excluding hydrogens is 211 g/mol. The molecule has 1 unspecified atom stereocenters. The minimum atomic E-state index is -3.13. The van der Waals surface area contributed by atoms with Crippen LogP contribution in [0, 0.1) is 5.41 Å². The predicted molar refractivity (Wildman–Crippen MR) is 54.9 cm³/mol. The van der Waals surface area contributed by atoms with E-state index in [1.807, 2.05) is 20.8 Å². The van der Waals surface area contributed by atoms with Crippen LogP contribution in [0.15, 0.2) is 0 Å². The number of aliphatic hydroxyl groups is 1. The first-order valence-corrected chi connectivity index (χ1v) is 6.59. The highest BCUT2D eigenvalue weighted by molar-refractivity contribution is 8.07. The summed E-state index contributed by atoms with van der Waals surface area (Å²) in [6.07, 6.45) is 0. The molecule has 1 atom stereocenters. The third-order valence-electron chi connectivity index (χ3n) is 1.01. The van der Waals surface area contributed by atoms with Crippen LogP contribution in [0.5, 0.6) is 0 Å². The average Bonchev–Trinajstić information content (AvgIpc) is 1.97. The fourth-order valence-electron chi connectivity index (χ4n) is 0.469. The second-order valence-corrected chi connectivity index (χ2v) is 6.70. The Balaban J connectivity index is 3.83. The molecule has 2 N–H and O–H groups in total. The molecule has 0 aliphatic heterocycles. The SMILES string of the molecule is CC(C)(C)COP(O)(=S)OCCO. The highest BCUT2D eigenvalue weighted by atomic mass is 32.5. The van der Waals surface area contributed by atoms with Gasteiger partial charge in [0.1, 0.15) is 0 Å². The van der Waals surface area contributed by atoms with Gasteiger partial charge in [0.2, 0.25) is 0 Å². The van der Waals surface area contributed by atoms with E-state index in [1.165, 1.54) is 0 Å². The Morgan fingerprint density at radius 2 is 1.85 bits per heavy atom. The van der Waals surface area contributed by atoms with Crippen molar-refractivity contribution in [3.63, 3.8) is 0 Å². The van der Waals surface area contributed by atoms with Gasteiger partial charge in [-0.15, -0.1) is 0 Å². The maximum atomic E-state index is 9.38. The third-order valence-corrected chi connectivity index (χ3v) is 2.60. The molecule has 0 bridgehead atoms. The molecular formula is C7H17O4PS. The largest absolute Gasteiger partial charge is 0.394 e. The van der Waals surface area contributed by atoms with Gasteiger partial charge in [-0.2, -0.15) is 0 Å². The summed E-state index contributed by atoms with van der Waals surface area (Å²) in [4.78, 5) is 9.38. The maximum absolute atomic E-state index is 9.38. The van der Waals surface area contributed by atoms with Gasteiger partial charge in [0, 0.05) is 0 Å². The Bertz CT molecular complexity index is 189. The van der Waals surface area contributed by atoms with E-state index in [0.29, 0.717) is 6.61 Å². The fraction of sp³-hybridized carbons (Fsp3) is 1.00. The van der Waals surface area contributed by atoms with E-state index >= 15 is 0 Å². The van der Waals surface area contributed by atoms with Crippen LogP contribution in [0.2, 0.25) is 0 Å². The second kappa shape index (κ2) is 5.39. The molecule has 6 heteroatoms. The van der Waals surface area contributed by atoms with Gasteiger partial charge in [0.15, 0.2) is 0 Å². The van der Waals surface area contributed by atoms with Crippen LogP contribution in [0.4, 0.5) is 0 Å². The van der Waals surface area contributed by atoms with Crippen molar-refractivity contribution in [1.82, 2.24) is 0 Å². The summed E-state index contributed by atoms with van der Waals surface area (Å²) in [6.45, 7) is 2.95. The van der Waals surface area contributed by atoms with Crippen LogP contribution >= 0.6 is 6.72 Å². The summed E-state index contributed by atoms with van der Waals surface area (Å²) >= 11 is 4.69. The van der Waals surface area contributed by atoms with Crippen molar-refractivity contribution in [2.75, 3.05) is 19.8 Å². The lowest BCUT2D eigenvalue weighted by atomic mass is 9.99. The summed E-state index contributed by atoms with van der Waals surface area (Å²) < 4.78 is 9.83. The smallest absolute Gasteiger partial charge is 0.324 e. The quantitative estimate of drug-likeness (QED) is 0.694. The van der Waals surface area contributed by atoms with E-state index in [9.17, 15) is 4.89 Å². The summed E-state index contributed by atoms with van der Waals surface area (Å²) in [5.41, 5.74) is -0.0602. The molecule has 0 aromatic heterocycles. The lowest BCUT2D eigenvalue weighted by Gasteiger charge is -2.22. The monoisotopic (exact) mass is 228 g/mol. The average molecular weight is 228 g/mol. The molecule has 0 aliphatic carbocycles. The molecule has 0 amide bonds.